The zero-order valence-electron chi connectivity index (χ0n) is 22.5. The van der Waals surface area contributed by atoms with Crippen LogP contribution < -0.4 is 15.4 Å². The van der Waals surface area contributed by atoms with Crippen molar-refractivity contribution >= 4 is 17.5 Å². The number of hydrogen-bond acceptors (Lipinski definition) is 7. The maximum absolute atomic E-state index is 12.4. The van der Waals surface area contributed by atoms with Gasteiger partial charge in [0, 0.05) is 42.2 Å². The summed E-state index contributed by atoms with van der Waals surface area (Å²) in [4.78, 5) is 14.8. The fraction of sp³-hybridized carbons (Fsp3) is 0.367. The average Bonchev–Trinajstić information content (AvgIpc) is 3.41. The lowest BCUT2D eigenvalue weighted by Crippen LogP contribution is -2.37. The summed E-state index contributed by atoms with van der Waals surface area (Å²) in [6.07, 6.45) is 0.966. The first-order chi connectivity index (χ1) is 18.8. The van der Waals surface area contributed by atoms with Gasteiger partial charge in [0.1, 0.15) is 17.6 Å². The molecule has 0 unspecified atom stereocenters. The first-order valence-corrected chi connectivity index (χ1v) is 12.9. The largest absolute Gasteiger partial charge is 0.494 e. The Morgan fingerprint density at radius 3 is 2.46 bits per heavy atom. The molecule has 9 heteroatoms. The fourth-order valence-electron chi connectivity index (χ4n) is 3.86. The third kappa shape index (κ3) is 8.34. The molecule has 1 saturated heterocycles. The zero-order valence-corrected chi connectivity index (χ0v) is 22.5. The second-order valence-corrected chi connectivity index (χ2v) is 10.2. The number of carbonyl (C=O) groups is 1. The van der Waals surface area contributed by atoms with E-state index < -0.39 is 6.03 Å². The number of nitrogens with one attached hydrogen (secondary N) is 2. The maximum Gasteiger partial charge on any atom is 0.324 e. The van der Waals surface area contributed by atoms with Gasteiger partial charge in [0.25, 0.3) is 0 Å². The highest BCUT2D eigenvalue weighted by molar-refractivity contribution is 6.00. The minimum absolute atomic E-state index is 0.229. The molecule has 39 heavy (non-hydrogen) atoms. The van der Waals surface area contributed by atoms with Gasteiger partial charge in [-0.25, -0.2) is 4.79 Å². The van der Waals surface area contributed by atoms with Crippen LogP contribution in [0.25, 0.3) is 0 Å². The molecule has 9 nitrogen and oxygen atoms in total. The van der Waals surface area contributed by atoms with E-state index >= 15 is 0 Å². The standard InChI is InChI=1S/C30H33N5O4/c1-30(2,3)27-20-28(34-39-27)33-29(36)32-26-12-9-23(19-24(26)21-31)6-5-22-7-10-25(11-8-22)38-16-4-13-35-14-17-37-18-15-35/h7-12,19-20H,4,13-18H2,1-3H3,(H2,32,33,34,36). The number of amides is 2. The van der Waals surface area contributed by atoms with Gasteiger partial charge in [-0.05, 0) is 48.9 Å². The van der Waals surface area contributed by atoms with Crippen LogP contribution in [-0.2, 0) is 10.2 Å². The Balaban J connectivity index is 1.29. The van der Waals surface area contributed by atoms with Crippen LogP contribution >= 0.6 is 0 Å². The number of carbonyl (C=O) groups excluding carboxylic acids is 1. The molecule has 1 aliphatic rings. The minimum atomic E-state index is -0.525. The van der Waals surface area contributed by atoms with Crippen LogP contribution in [0.3, 0.4) is 0 Å². The third-order valence-electron chi connectivity index (χ3n) is 6.08. The molecule has 0 bridgehead atoms. The van der Waals surface area contributed by atoms with Crippen LogP contribution in [0, 0.1) is 23.2 Å². The van der Waals surface area contributed by atoms with Gasteiger partial charge < -0.3 is 19.3 Å². The SMILES string of the molecule is CC(C)(C)c1cc(NC(=O)Nc2ccc(C#Cc3ccc(OCCCN4CCOCC4)cc3)cc2C#N)no1. The number of morpholine rings is 1. The van der Waals surface area contributed by atoms with Gasteiger partial charge in [-0.1, -0.05) is 37.8 Å². The highest BCUT2D eigenvalue weighted by atomic mass is 16.5. The molecule has 2 aromatic carbocycles. The smallest absolute Gasteiger partial charge is 0.324 e. The van der Waals surface area contributed by atoms with Gasteiger partial charge in [-0.2, -0.15) is 5.26 Å². The maximum atomic E-state index is 12.4. The summed E-state index contributed by atoms with van der Waals surface area (Å²) in [7, 11) is 0. The monoisotopic (exact) mass is 527 g/mol. The highest BCUT2D eigenvalue weighted by Crippen LogP contribution is 2.24. The molecule has 202 valence electrons. The van der Waals surface area contributed by atoms with Gasteiger partial charge >= 0.3 is 6.03 Å². The molecule has 2 amide bonds. The number of nitrogens with zero attached hydrogens (tertiary/aromatic N) is 3. The van der Waals surface area contributed by atoms with Gasteiger partial charge in [0.05, 0.1) is 31.1 Å². The minimum Gasteiger partial charge on any atom is -0.494 e. The van der Waals surface area contributed by atoms with E-state index in [1.54, 1.807) is 24.3 Å². The lowest BCUT2D eigenvalue weighted by molar-refractivity contribution is 0.0358. The van der Waals surface area contributed by atoms with Crippen molar-refractivity contribution in [2.45, 2.75) is 32.6 Å². The van der Waals surface area contributed by atoms with E-state index in [1.165, 1.54) is 0 Å². The second-order valence-electron chi connectivity index (χ2n) is 10.2. The van der Waals surface area contributed by atoms with Crippen molar-refractivity contribution in [3.8, 4) is 23.7 Å². The predicted molar refractivity (Wildman–Crippen MR) is 149 cm³/mol. The number of benzene rings is 2. The average molecular weight is 528 g/mol. The molecular weight excluding hydrogens is 494 g/mol. The number of ether oxygens (including phenoxy) is 2. The molecule has 0 saturated carbocycles. The van der Waals surface area contributed by atoms with Crippen molar-refractivity contribution in [1.29, 1.82) is 5.26 Å². The summed E-state index contributed by atoms with van der Waals surface area (Å²) < 4.78 is 16.5. The Morgan fingerprint density at radius 2 is 1.77 bits per heavy atom. The third-order valence-corrected chi connectivity index (χ3v) is 6.08. The molecule has 1 fully saturated rings. The molecule has 3 aromatic rings. The Bertz CT molecular complexity index is 1370. The summed E-state index contributed by atoms with van der Waals surface area (Å²) in [5.41, 5.74) is 1.93. The number of urea groups is 1. The first-order valence-electron chi connectivity index (χ1n) is 12.9. The van der Waals surface area contributed by atoms with Crippen molar-refractivity contribution < 1.29 is 18.8 Å². The predicted octanol–water partition coefficient (Wildman–Crippen LogP) is 4.99. The summed E-state index contributed by atoms with van der Waals surface area (Å²) >= 11 is 0. The second kappa shape index (κ2) is 13.0. The lowest BCUT2D eigenvalue weighted by Gasteiger charge is -2.26. The highest BCUT2D eigenvalue weighted by Gasteiger charge is 2.20. The molecule has 4 rings (SSSR count). The van der Waals surface area contributed by atoms with Gasteiger partial charge in [0.15, 0.2) is 5.82 Å². The van der Waals surface area contributed by atoms with Crippen LogP contribution in [-0.4, -0.2) is 55.5 Å². The van der Waals surface area contributed by atoms with Crippen LogP contribution in [0.2, 0.25) is 0 Å². The Morgan fingerprint density at radius 1 is 1.05 bits per heavy atom. The number of aromatic nitrogens is 1. The van der Waals surface area contributed by atoms with Gasteiger partial charge in [-0.3, -0.25) is 10.2 Å². The Labute approximate surface area is 229 Å². The zero-order chi connectivity index (χ0) is 27.7. The van der Waals surface area contributed by atoms with Crippen LogP contribution in [0.4, 0.5) is 16.3 Å². The lowest BCUT2D eigenvalue weighted by atomic mass is 9.93. The summed E-state index contributed by atoms with van der Waals surface area (Å²) in [6, 6.07) is 15.9. The van der Waals surface area contributed by atoms with Crippen molar-refractivity contribution in [3.05, 3.63) is 71.0 Å². The molecule has 0 aliphatic carbocycles. The quantitative estimate of drug-likeness (QED) is 0.329. The fourth-order valence-corrected chi connectivity index (χ4v) is 3.86. The van der Waals surface area contributed by atoms with Gasteiger partial charge in [0.2, 0.25) is 0 Å². The molecule has 1 aromatic heterocycles. The van der Waals surface area contributed by atoms with E-state index in [9.17, 15) is 10.1 Å². The van der Waals surface area contributed by atoms with Crippen molar-refractivity contribution in [2.24, 2.45) is 0 Å². The number of anilines is 2. The number of nitriles is 1. The van der Waals surface area contributed by atoms with Crippen molar-refractivity contribution in [1.82, 2.24) is 10.1 Å². The molecule has 1 aliphatic heterocycles. The number of rotatable bonds is 7. The van der Waals surface area contributed by atoms with E-state index in [1.807, 2.05) is 45.0 Å². The molecule has 0 atom stereocenters. The molecular formula is C30H33N5O4. The van der Waals surface area contributed by atoms with E-state index in [0.717, 1.165) is 50.6 Å². The summed E-state index contributed by atoms with van der Waals surface area (Å²) in [6.45, 7) is 11.2. The Kier molecular flexibility index (Phi) is 9.22. The van der Waals surface area contributed by atoms with Crippen LogP contribution in [0.15, 0.2) is 53.1 Å². The number of hydrogen-bond donors (Lipinski definition) is 2. The van der Waals surface area contributed by atoms with Crippen molar-refractivity contribution in [2.75, 3.05) is 50.1 Å². The summed E-state index contributed by atoms with van der Waals surface area (Å²) in [5.74, 6) is 7.93. The molecule has 0 spiro atoms. The first kappa shape index (κ1) is 27.7. The summed E-state index contributed by atoms with van der Waals surface area (Å²) in [5, 5.41) is 18.8. The van der Waals surface area contributed by atoms with E-state index in [2.05, 4.69) is 38.6 Å². The van der Waals surface area contributed by atoms with Crippen LogP contribution in [0.1, 0.15) is 49.6 Å². The molecule has 2 heterocycles. The van der Waals surface area contributed by atoms with E-state index in [0.29, 0.717) is 35.0 Å². The van der Waals surface area contributed by atoms with Gasteiger partial charge in [-0.15, -0.1) is 0 Å². The molecule has 2 N–H and O–H groups in total. The van der Waals surface area contributed by atoms with E-state index in [4.69, 9.17) is 14.0 Å². The normalized spacial score (nSPS) is 13.6. The topological polar surface area (TPSA) is 113 Å². The molecule has 0 radical (unpaired) electrons. The Hall–Kier alpha value is -4.31. The van der Waals surface area contributed by atoms with Crippen LogP contribution in [0.5, 0.6) is 5.75 Å². The van der Waals surface area contributed by atoms with E-state index in [-0.39, 0.29) is 5.41 Å². The van der Waals surface area contributed by atoms with Crippen molar-refractivity contribution in [3.63, 3.8) is 0 Å².